The number of nitrogens with one attached hydrogen (secondary N) is 1. The topological polar surface area (TPSA) is 151 Å². The number of nitrogens with zero attached hydrogens (tertiary/aromatic N) is 4. The average Bonchev–Trinajstić information content (AvgIpc) is 3.33. The van der Waals surface area contributed by atoms with Crippen LogP contribution in [0.2, 0.25) is 0 Å². The van der Waals surface area contributed by atoms with Crippen LogP contribution in [0.5, 0.6) is 5.75 Å². The molecule has 1 aliphatic rings. The van der Waals surface area contributed by atoms with Crippen molar-refractivity contribution < 1.29 is 46.9 Å². The van der Waals surface area contributed by atoms with E-state index in [0.29, 0.717) is 18.6 Å². The maximum Gasteiger partial charge on any atom is 0.435 e. The Hall–Kier alpha value is -3.50. The van der Waals surface area contributed by atoms with Gasteiger partial charge in [0.2, 0.25) is 6.23 Å². The molecule has 16 heteroatoms. The quantitative estimate of drug-likeness (QED) is 0.122. The molecule has 1 heterocycles. The largest absolute Gasteiger partial charge is 0.491 e. The number of guanidine groups is 1. The van der Waals surface area contributed by atoms with E-state index in [9.17, 15) is 27.9 Å². The summed E-state index contributed by atoms with van der Waals surface area (Å²) in [6.07, 6.45) is -8.44. The minimum atomic E-state index is -5.00. The number of carbonyl (C=O) groups is 2. The molecule has 1 aromatic carbocycles. The molecule has 262 valence electrons. The first-order valence-electron chi connectivity index (χ1n) is 15.1. The molecule has 46 heavy (non-hydrogen) atoms. The summed E-state index contributed by atoms with van der Waals surface area (Å²) in [6.45, 7) is 12.0. The lowest BCUT2D eigenvalue weighted by atomic mass is 10.1. The number of hydrogen-bond acceptors (Lipinski definition) is 9. The van der Waals surface area contributed by atoms with Gasteiger partial charge in [-0.1, -0.05) is 6.07 Å². The number of benzene rings is 1. The Balaban J connectivity index is 2.29. The van der Waals surface area contributed by atoms with Crippen LogP contribution in [-0.4, -0.2) is 108 Å². The molecule has 1 unspecified atom stereocenters. The highest BCUT2D eigenvalue weighted by Gasteiger charge is 2.40. The molecule has 0 aromatic heterocycles. The fourth-order valence-electron chi connectivity index (χ4n) is 4.37. The number of aliphatic hydroxyl groups excluding tert-OH is 1. The van der Waals surface area contributed by atoms with E-state index in [1.54, 1.807) is 70.5 Å². The van der Waals surface area contributed by atoms with Crippen molar-refractivity contribution in [3.8, 4) is 5.75 Å². The SMILES string of the molecule is CN(CCCN(CCCNC(=O)OC(C)(C)C)/C(=N/C(O)C(F)(F)F)N1Cc2ccc(OCCON)cc2C1)C(=O)OC(C)(C)C. The number of nitrogens with two attached hydrogens (primary N) is 1. The number of ether oxygens (including phenoxy) is 3. The van der Waals surface area contributed by atoms with Gasteiger partial charge in [0.25, 0.3) is 0 Å². The Bertz CT molecular complexity index is 1170. The van der Waals surface area contributed by atoms with Gasteiger partial charge < -0.3 is 44.2 Å². The van der Waals surface area contributed by atoms with Crippen molar-refractivity contribution in [1.82, 2.24) is 20.0 Å². The van der Waals surface area contributed by atoms with Crippen LogP contribution in [0.25, 0.3) is 0 Å². The Kier molecular flexibility index (Phi) is 14.2. The molecular weight excluding hydrogens is 613 g/mol. The zero-order valence-corrected chi connectivity index (χ0v) is 27.8. The molecule has 0 radical (unpaired) electrons. The van der Waals surface area contributed by atoms with Crippen LogP contribution in [0.3, 0.4) is 0 Å². The van der Waals surface area contributed by atoms with Crippen molar-refractivity contribution in [2.75, 3.05) is 46.4 Å². The zero-order valence-electron chi connectivity index (χ0n) is 27.8. The molecule has 0 fully saturated rings. The lowest BCUT2D eigenvalue weighted by Crippen LogP contribution is -2.46. The Morgan fingerprint density at radius 2 is 1.63 bits per heavy atom. The van der Waals surface area contributed by atoms with Crippen LogP contribution in [0.4, 0.5) is 22.8 Å². The first kappa shape index (κ1) is 38.7. The third kappa shape index (κ3) is 13.9. The first-order valence-corrected chi connectivity index (χ1v) is 15.1. The summed E-state index contributed by atoms with van der Waals surface area (Å²) in [6, 6.07) is 5.35. The first-order chi connectivity index (χ1) is 21.3. The monoisotopic (exact) mass is 662 g/mol. The van der Waals surface area contributed by atoms with Crippen LogP contribution in [0, 0.1) is 0 Å². The molecule has 0 saturated carbocycles. The van der Waals surface area contributed by atoms with Crippen molar-refractivity contribution >= 4 is 18.1 Å². The van der Waals surface area contributed by atoms with Crippen molar-refractivity contribution in [3.05, 3.63) is 29.3 Å². The fourth-order valence-corrected chi connectivity index (χ4v) is 4.37. The van der Waals surface area contributed by atoms with Crippen LogP contribution in [0.1, 0.15) is 65.5 Å². The van der Waals surface area contributed by atoms with Gasteiger partial charge in [0, 0.05) is 46.3 Å². The van der Waals surface area contributed by atoms with Gasteiger partial charge in [0.05, 0.1) is 0 Å². The van der Waals surface area contributed by atoms with Gasteiger partial charge in [0.1, 0.15) is 30.2 Å². The van der Waals surface area contributed by atoms with Gasteiger partial charge in [-0.3, -0.25) is 0 Å². The molecular formula is C30H49F3N6O7. The number of hydrogen-bond donors (Lipinski definition) is 3. The maximum absolute atomic E-state index is 13.6. The van der Waals surface area contributed by atoms with Crippen molar-refractivity contribution in [3.63, 3.8) is 0 Å². The molecule has 1 aliphatic heterocycles. The molecule has 1 aromatic rings. The highest BCUT2D eigenvalue weighted by molar-refractivity contribution is 5.81. The van der Waals surface area contributed by atoms with Gasteiger partial charge in [-0.15, -0.1) is 0 Å². The van der Waals surface area contributed by atoms with Gasteiger partial charge in [-0.25, -0.2) is 20.5 Å². The molecule has 2 rings (SSSR count). The normalized spacial score (nSPS) is 14.4. The minimum Gasteiger partial charge on any atom is -0.491 e. The second kappa shape index (κ2) is 16.9. The van der Waals surface area contributed by atoms with Crippen molar-refractivity contribution in [2.24, 2.45) is 10.9 Å². The Morgan fingerprint density at radius 1 is 1.00 bits per heavy atom. The van der Waals surface area contributed by atoms with E-state index in [2.05, 4.69) is 15.1 Å². The summed E-state index contributed by atoms with van der Waals surface area (Å²) in [4.78, 5) is 37.5. The highest BCUT2D eigenvalue weighted by Crippen LogP contribution is 2.29. The number of rotatable bonds is 13. The van der Waals surface area contributed by atoms with Gasteiger partial charge >= 0.3 is 18.4 Å². The summed E-state index contributed by atoms with van der Waals surface area (Å²) in [7, 11) is 1.57. The third-order valence-electron chi connectivity index (χ3n) is 6.37. The van der Waals surface area contributed by atoms with Gasteiger partial charge in [0.15, 0.2) is 5.96 Å². The summed E-state index contributed by atoms with van der Waals surface area (Å²) in [5, 5.41) is 12.7. The van der Waals surface area contributed by atoms with E-state index in [4.69, 9.17) is 20.1 Å². The predicted octanol–water partition coefficient (Wildman–Crippen LogP) is 3.98. The lowest BCUT2D eigenvalue weighted by molar-refractivity contribution is -0.201. The summed E-state index contributed by atoms with van der Waals surface area (Å²) < 4.78 is 57.0. The molecule has 4 N–H and O–H groups in total. The molecule has 0 aliphatic carbocycles. The number of halogens is 3. The molecule has 0 bridgehead atoms. The number of amides is 2. The van der Waals surface area contributed by atoms with E-state index >= 15 is 0 Å². The number of alkyl carbamates (subject to hydrolysis) is 1. The second-order valence-corrected chi connectivity index (χ2v) is 12.9. The molecule has 0 saturated heterocycles. The van der Waals surface area contributed by atoms with Crippen LogP contribution >= 0.6 is 0 Å². The van der Waals surface area contributed by atoms with Crippen LogP contribution < -0.4 is 16.0 Å². The number of aliphatic imine (C=N–C) groups is 1. The van der Waals surface area contributed by atoms with Crippen LogP contribution in [-0.2, 0) is 27.4 Å². The minimum absolute atomic E-state index is 0.0720. The summed E-state index contributed by atoms with van der Waals surface area (Å²) >= 11 is 0. The fraction of sp³-hybridized carbons (Fsp3) is 0.700. The van der Waals surface area contributed by atoms with E-state index in [1.807, 2.05) is 6.07 Å². The van der Waals surface area contributed by atoms with E-state index in [-0.39, 0.29) is 58.4 Å². The number of aliphatic hydroxyl groups is 1. The Morgan fingerprint density at radius 3 is 2.24 bits per heavy atom. The van der Waals surface area contributed by atoms with Crippen LogP contribution in [0.15, 0.2) is 23.2 Å². The lowest BCUT2D eigenvalue weighted by Gasteiger charge is -2.33. The van der Waals surface area contributed by atoms with Gasteiger partial charge in [-0.2, -0.15) is 13.2 Å². The van der Waals surface area contributed by atoms with E-state index in [1.165, 1.54) is 4.90 Å². The van der Waals surface area contributed by atoms with E-state index in [0.717, 1.165) is 11.1 Å². The van der Waals surface area contributed by atoms with Gasteiger partial charge in [-0.05, 0) is 77.6 Å². The number of alkyl halides is 3. The number of fused-ring (bicyclic) bond motifs is 1. The standard InChI is InChI=1S/C30H49F3N6O7/c1-28(2,3)45-26(41)35-12-8-14-38(15-9-13-37(7)27(42)46-29(4,5)6)25(36-24(40)30(31,32)33)39-19-21-10-11-23(18-22(21)20-39)43-16-17-44-34/h10-11,18,24,40H,8-9,12-17,19-20,34H2,1-7H3,(H,35,41)/b36-25-. The van der Waals surface area contributed by atoms with E-state index < -0.39 is 35.8 Å². The second-order valence-electron chi connectivity index (χ2n) is 12.9. The number of carbonyl (C=O) groups excluding carboxylic acids is 2. The molecule has 13 nitrogen and oxygen atoms in total. The highest BCUT2D eigenvalue weighted by atomic mass is 19.4. The Labute approximate surface area is 268 Å². The maximum atomic E-state index is 13.6. The average molecular weight is 663 g/mol. The van der Waals surface area contributed by atoms with Crippen molar-refractivity contribution in [1.29, 1.82) is 0 Å². The zero-order chi connectivity index (χ0) is 34.7. The summed E-state index contributed by atoms with van der Waals surface area (Å²) in [5.41, 5.74) is 0.280. The molecule has 1 atom stereocenters. The molecule has 2 amide bonds. The van der Waals surface area contributed by atoms with Crippen molar-refractivity contribution in [2.45, 2.75) is 91.1 Å². The smallest absolute Gasteiger partial charge is 0.435 e. The summed E-state index contributed by atoms with van der Waals surface area (Å²) in [5.74, 6) is 5.52. The predicted molar refractivity (Wildman–Crippen MR) is 165 cm³/mol. The third-order valence-corrected chi connectivity index (χ3v) is 6.37. The molecule has 0 spiro atoms.